The van der Waals surface area contributed by atoms with Gasteiger partial charge in [0.15, 0.2) is 0 Å². The van der Waals surface area contributed by atoms with E-state index in [-0.39, 0.29) is 5.41 Å². The Morgan fingerprint density at radius 2 is 2.00 bits per heavy atom. The second kappa shape index (κ2) is 9.34. The van der Waals surface area contributed by atoms with E-state index in [1.807, 2.05) is 42.5 Å². The van der Waals surface area contributed by atoms with E-state index >= 15 is 0 Å². The molecule has 0 spiro atoms. The summed E-state index contributed by atoms with van der Waals surface area (Å²) < 4.78 is 0. The number of nitrogens with zero attached hydrogens (tertiary/aromatic N) is 2. The van der Waals surface area contributed by atoms with E-state index in [0.29, 0.717) is 17.9 Å². The Bertz CT molecular complexity index is 799. The molecule has 1 aliphatic heterocycles. The number of benzene rings is 2. The van der Waals surface area contributed by atoms with Gasteiger partial charge in [-0.15, -0.1) is 0 Å². The molecule has 1 aliphatic rings. The van der Waals surface area contributed by atoms with Crippen LogP contribution in [0.25, 0.3) is 0 Å². The number of hydrogen-bond acceptors (Lipinski definition) is 4. The molecule has 0 aromatic heterocycles. The van der Waals surface area contributed by atoms with Crippen LogP contribution in [0.15, 0.2) is 54.6 Å². The molecule has 1 saturated heterocycles. The highest BCUT2D eigenvalue weighted by Gasteiger charge is 2.42. The highest BCUT2D eigenvalue weighted by Crippen LogP contribution is 2.43. The molecule has 0 amide bonds. The van der Waals surface area contributed by atoms with Crippen molar-refractivity contribution in [3.8, 4) is 6.07 Å². The fourth-order valence-electron chi connectivity index (χ4n) is 4.66. The van der Waals surface area contributed by atoms with Crippen molar-refractivity contribution in [3.63, 3.8) is 0 Å². The number of aliphatic hydroxyl groups excluding tert-OH is 1. The Kier molecular flexibility index (Phi) is 6.85. The van der Waals surface area contributed by atoms with Gasteiger partial charge in [-0.1, -0.05) is 42.5 Å². The summed E-state index contributed by atoms with van der Waals surface area (Å²) in [5.74, 6) is 0.424. The smallest absolute Gasteiger partial charge is 0.0991 e. The van der Waals surface area contributed by atoms with Gasteiger partial charge in [0.2, 0.25) is 0 Å². The summed E-state index contributed by atoms with van der Waals surface area (Å²) in [4.78, 5) is 2.24. The molecular formula is C24H31N3O. The highest BCUT2D eigenvalue weighted by molar-refractivity contribution is 5.38. The molecule has 4 heteroatoms. The second-order valence-electron chi connectivity index (χ2n) is 8.23. The van der Waals surface area contributed by atoms with E-state index in [2.05, 4.69) is 42.5 Å². The normalized spacial score (nSPS) is 23.3. The molecule has 2 aromatic rings. The molecule has 1 fully saturated rings. The Hall–Kier alpha value is -2.19. The van der Waals surface area contributed by atoms with Gasteiger partial charge in [0.05, 0.1) is 17.7 Å². The maximum absolute atomic E-state index is 10.8. The standard InChI is InChI=1S/C24H31N3O/c1-27(2)18-22-17-26-14-13-24(22,21-10-6-7-19(15-21)16-25)12-11-23(28)20-8-4-3-5-9-20/h3-10,15,22-23,26,28H,11-14,17-18H2,1-2H3/t22?,23-,24?/m0/s1. The number of nitrogens with one attached hydrogen (secondary N) is 1. The van der Waals surface area contributed by atoms with Gasteiger partial charge in [0.1, 0.15) is 0 Å². The van der Waals surface area contributed by atoms with Crippen LogP contribution in [0.1, 0.15) is 42.1 Å². The number of rotatable bonds is 7. The van der Waals surface area contributed by atoms with Crippen molar-refractivity contribution < 1.29 is 5.11 Å². The lowest BCUT2D eigenvalue weighted by Gasteiger charge is -2.47. The molecular weight excluding hydrogens is 346 g/mol. The Balaban J connectivity index is 1.92. The van der Waals surface area contributed by atoms with Gasteiger partial charge >= 0.3 is 0 Å². The molecule has 0 aliphatic carbocycles. The summed E-state index contributed by atoms with van der Waals surface area (Å²) in [5.41, 5.74) is 2.88. The lowest BCUT2D eigenvalue weighted by Crippen LogP contribution is -2.51. The highest BCUT2D eigenvalue weighted by atomic mass is 16.3. The first-order valence-electron chi connectivity index (χ1n) is 10.1. The van der Waals surface area contributed by atoms with Gasteiger partial charge in [-0.25, -0.2) is 0 Å². The monoisotopic (exact) mass is 377 g/mol. The van der Waals surface area contributed by atoms with E-state index in [1.165, 1.54) is 5.56 Å². The van der Waals surface area contributed by atoms with Gasteiger partial charge in [0, 0.05) is 18.5 Å². The summed E-state index contributed by atoms with van der Waals surface area (Å²) in [7, 11) is 4.23. The predicted octanol–water partition coefficient (Wildman–Crippen LogP) is 3.48. The van der Waals surface area contributed by atoms with Crippen LogP contribution >= 0.6 is 0 Å². The molecule has 148 valence electrons. The minimum absolute atomic E-state index is 0.0435. The lowest BCUT2D eigenvalue weighted by atomic mass is 9.63. The van der Waals surface area contributed by atoms with Crippen molar-refractivity contribution in [3.05, 3.63) is 71.3 Å². The van der Waals surface area contributed by atoms with Crippen LogP contribution in [-0.2, 0) is 5.41 Å². The van der Waals surface area contributed by atoms with Crippen LogP contribution in [0.5, 0.6) is 0 Å². The zero-order valence-electron chi connectivity index (χ0n) is 16.9. The lowest BCUT2D eigenvalue weighted by molar-refractivity contribution is 0.107. The Morgan fingerprint density at radius 3 is 2.71 bits per heavy atom. The number of nitriles is 1. The van der Waals surface area contributed by atoms with Crippen LogP contribution in [0.4, 0.5) is 0 Å². The van der Waals surface area contributed by atoms with E-state index < -0.39 is 6.10 Å². The summed E-state index contributed by atoms with van der Waals surface area (Å²) >= 11 is 0. The SMILES string of the molecule is CN(C)CC1CNCCC1(CC[C@H](O)c1ccccc1)c1cccc(C#N)c1. The Morgan fingerprint density at radius 1 is 1.21 bits per heavy atom. The average Bonchev–Trinajstić information content (AvgIpc) is 2.73. The van der Waals surface area contributed by atoms with Crippen molar-refractivity contribution in [2.45, 2.75) is 30.8 Å². The maximum atomic E-state index is 10.8. The van der Waals surface area contributed by atoms with E-state index in [9.17, 15) is 10.4 Å². The van der Waals surface area contributed by atoms with E-state index in [0.717, 1.165) is 38.0 Å². The van der Waals surface area contributed by atoms with Crippen LogP contribution in [0.3, 0.4) is 0 Å². The van der Waals surface area contributed by atoms with Crippen LogP contribution in [0.2, 0.25) is 0 Å². The minimum Gasteiger partial charge on any atom is -0.388 e. The quantitative estimate of drug-likeness (QED) is 0.776. The summed E-state index contributed by atoms with van der Waals surface area (Å²) in [6.07, 6.45) is 2.16. The van der Waals surface area contributed by atoms with Gasteiger partial charge in [-0.2, -0.15) is 5.26 Å². The molecule has 28 heavy (non-hydrogen) atoms. The molecule has 0 bridgehead atoms. The zero-order chi connectivity index (χ0) is 20.0. The summed E-state index contributed by atoms with van der Waals surface area (Å²) in [5, 5.41) is 23.8. The van der Waals surface area contributed by atoms with Gasteiger partial charge < -0.3 is 15.3 Å². The number of hydrogen-bond donors (Lipinski definition) is 2. The molecule has 3 rings (SSSR count). The summed E-state index contributed by atoms with van der Waals surface area (Å²) in [6.45, 7) is 2.89. The van der Waals surface area contributed by atoms with Crippen LogP contribution < -0.4 is 5.32 Å². The average molecular weight is 378 g/mol. The van der Waals surface area contributed by atoms with Crippen molar-refractivity contribution in [1.29, 1.82) is 5.26 Å². The molecule has 0 radical (unpaired) electrons. The molecule has 2 N–H and O–H groups in total. The fraction of sp³-hybridized carbons (Fsp3) is 0.458. The number of piperidine rings is 1. The second-order valence-corrected chi connectivity index (χ2v) is 8.23. The van der Waals surface area contributed by atoms with E-state index in [1.54, 1.807) is 0 Å². The first-order chi connectivity index (χ1) is 13.5. The number of aliphatic hydroxyl groups is 1. The van der Waals surface area contributed by atoms with Gasteiger partial charge in [-0.05, 0) is 69.1 Å². The third-order valence-electron chi connectivity index (χ3n) is 6.12. The molecule has 3 atom stereocenters. The summed E-state index contributed by atoms with van der Waals surface area (Å²) in [6, 6.07) is 20.3. The van der Waals surface area contributed by atoms with E-state index in [4.69, 9.17) is 0 Å². The Labute approximate surface area is 168 Å². The third-order valence-corrected chi connectivity index (χ3v) is 6.12. The van der Waals surface area contributed by atoms with Gasteiger partial charge in [-0.3, -0.25) is 0 Å². The molecule has 1 heterocycles. The maximum Gasteiger partial charge on any atom is 0.0991 e. The third kappa shape index (κ3) is 4.62. The molecule has 0 saturated carbocycles. The van der Waals surface area contributed by atoms with Gasteiger partial charge in [0.25, 0.3) is 0 Å². The largest absolute Gasteiger partial charge is 0.388 e. The van der Waals surface area contributed by atoms with Crippen molar-refractivity contribution >= 4 is 0 Å². The molecule has 4 nitrogen and oxygen atoms in total. The predicted molar refractivity (Wildman–Crippen MR) is 113 cm³/mol. The first kappa shape index (κ1) is 20.5. The van der Waals surface area contributed by atoms with Crippen LogP contribution in [0, 0.1) is 17.2 Å². The topological polar surface area (TPSA) is 59.3 Å². The molecule has 2 unspecified atom stereocenters. The fourth-order valence-corrected chi connectivity index (χ4v) is 4.66. The minimum atomic E-state index is -0.466. The van der Waals surface area contributed by atoms with Crippen LogP contribution in [-0.4, -0.2) is 43.7 Å². The van der Waals surface area contributed by atoms with Crippen molar-refractivity contribution in [1.82, 2.24) is 10.2 Å². The molecule has 2 aromatic carbocycles. The van der Waals surface area contributed by atoms with Crippen molar-refractivity contribution in [2.75, 3.05) is 33.7 Å². The van der Waals surface area contributed by atoms with Crippen molar-refractivity contribution in [2.24, 2.45) is 5.92 Å². The first-order valence-corrected chi connectivity index (χ1v) is 10.1. The zero-order valence-corrected chi connectivity index (χ0v) is 16.9.